The maximum atomic E-state index is 11.5. The topological polar surface area (TPSA) is 76.3 Å². The molecule has 0 aliphatic carbocycles. The summed E-state index contributed by atoms with van der Waals surface area (Å²) < 4.78 is 23.0. The highest BCUT2D eigenvalue weighted by Gasteiger charge is 2.24. The summed E-state index contributed by atoms with van der Waals surface area (Å²) in [6, 6.07) is 4.00. The maximum Gasteiger partial charge on any atom is 0.153 e. The van der Waals surface area contributed by atoms with E-state index in [9.17, 15) is 8.42 Å². The summed E-state index contributed by atoms with van der Waals surface area (Å²) in [7, 11) is -2.87. The van der Waals surface area contributed by atoms with Gasteiger partial charge in [0.1, 0.15) is 5.82 Å². The average Bonchev–Trinajstić information content (AvgIpc) is 2.37. The third-order valence-corrected chi connectivity index (χ3v) is 5.15. The van der Waals surface area contributed by atoms with Gasteiger partial charge in [0.05, 0.1) is 11.5 Å². The van der Waals surface area contributed by atoms with Crippen molar-refractivity contribution < 1.29 is 8.42 Å². The first-order chi connectivity index (χ1) is 9.21. The molecule has 0 amide bonds. The van der Waals surface area contributed by atoms with E-state index in [1.807, 2.05) is 17.0 Å². The van der Waals surface area contributed by atoms with Crippen LogP contribution in [-0.4, -0.2) is 38.0 Å². The standard InChI is InChI=1S/C14H23N3O2S/c1-14(2,3)12-8-11(10-15)9-13(16-12)17-4-6-20(18,19)7-5-17/h8-9H,4-7,10,15H2,1-3H3. The minimum absolute atomic E-state index is 0.0538. The van der Waals surface area contributed by atoms with E-state index in [1.165, 1.54) is 0 Å². The van der Waals surface area contributed by atoms with Crippen LogP contribution in [0.4, 0.5) is 5.82 Å². The molecule has 0 aromatic carbocycles. The third-order valence-electron chi connectivity index (χ3n) is 3.54. The highest BCUT2D eigenvalue weighted by molar-refractivity contribution is 7.91. The van der Waals surface area contributed by atoms with Crippen LogP contribution in [0.25, 0.3) is 0 Å². The van der Waals surface area contributed by atoms with E-state index >= 15 is 0 Å². The van der Waals surface area contributed by atoms with E-state index in [4.69, 9.17) is 10.7 Å². The Morgan fingerprint density at radius 2 is 1.85 bits per heavy atom. The molecule has 112 valence electrons. The summed E-state index contributed by atoms with van der Waals surface area (Å²) >= 11 is 0. The van der Waals surface area contributed by atoms with Crippen molar-refractivity contribution in [1.29, 1.82) is 0 Å². The van der Waals surface area contributed by atoms with Crippen molar-refractivity contribution in [1.82, 2.24) is 4.98 Å². The molecule has 0 spiro atoms. The molecule has 0 saturated carbocycles. The van der Waals surface area contributed by atoms with Gasteiger partial charge in [-0.25, -0.2) is 13.4 Å². The quantitative estimate of drug-likeness (QED) is 0.883. The van der Waals surface area contributed by atoms with E-state index in [0.717, 1.165) is 17.1 Å². The lowest BCUT2D eigenvalue weighted by molar-refractivity contribution is 0.564. The Hall–Kier alpha value is -1.14. The zero-order valence-corrected chi connectivity index (χ0v) is 13.2. The van der Waals surface area contributed by atoms with Crippen LogP contribution in [0.2, 0.25) is 0 Å². The molecule has 0 bridgehead atoms. The molecule has 6 heteroatoms. The Labute approximate surface area is 121 Å². The second-order valence-corrected chi connectivity index (χ2v) is 8.62. The summed E-state index contributed by atoms with van der Waals surface area (Å²) in [5.74, 6) is 1.24. The monoisotopic (exact) mass is 297 g/mol. The molecule has 1 fully saturated rings. The van der Waals surface area contributed by atoms with E-state index in [2.05, 4.69) is 20.8 Å². The molecule has 1 aromatic heterocycles. The molecule has 1 saturated heterocycles. The van der Waals surface area contributed by atoms with Crippen molar-refractivity contribution in [2.45, 2.75) is 32.7 Å². The number of hydrogen-bond acceptors (Lipinski definition) is 5. The van der Waals surface area contributed by atoms with E-state index in [0.29, 0.717) is 19.6 Å². The largest absolute Gasteiger partial charge is 0.355 e. The molecule has 5 nitrogen and oxygen atoms in total. The van der Waals surface area contributed by atoms with Crippen molar-refractivity contribution in [3.63, 3.8) is 0 Å². The predicted molar refractivity (Wildman–Crippen MR) is 81.7 cm³/mol. The number of aromatic nitrogens is 1. The molecule has 20 heavy (non-hydrogen) atoms. The van der Waals surface area contributed by atoms with E-state index in [1.54, 1.807) is 0 Å². The van der Waals surface area contributed by atoms with Gasteiger partial charge in [-0.1, -0.05) is 20.8 Å². The first kappa shape index (κ1) is 15.3. The van der Waals surface area contributed by atoms with Gasteiger partial charge in [0, 0.05) is 30.7 Å². The molecule has 0 unspecified atom stereocenters. The minimum Gasteiger partial charge on any atom is -0.355 e. The van der Waals surface area contributed by atoms with Gasteiger partial charge in [-0.15, -0.1) is 0 Å². The molecule has 1 aromatic rings. The highest BCUT2D eigenvalue weighted by Crippen LogP contribution is 2.25. The summed E-state index contributed by atoms with van der Waals surface area (Å²) in [6.07, 6.45) is 0. The van der Waals surface area contributed by atoms with Crippen LogP contribution in [0.15, 0.2) is 12.1 Å². The molecule has 0 radical (unpaired) electrons. The van der Waals surface area contributed by atoms with Gasteiger partial charge in [-0.05, 0) is 17.7 Å². The summed E-state index contributed by atoms with van der Waals surface area (Å²) in [5.41, 5.74) is 7.73. The minimum atomic E-state index is -2.87. The number of hydrogen-bond donors (Lipinski definition) is 1. The fourth-order valence-electron chi connectivity index (χ4n) is 2.18. The molecule has 0 atom stereocenters. The van der Waals surface area contributed by atoms with Gasteiger partial charge >= 0.3 is 0 Å². The summed E-state index contributed by atoms with van der Waals surface area (Å²) in [4.78, 5) is 6.74. The number of sulfone groups is 1. The van der Waals surface area contributed by atoms with E-state index < -0.39 is 9.84 Å². The average molecular weight is 297 g/mol. The Morgan fingerprint density at radius 1 is 1.25 bits per heavy atom. The molecule has 1 aliphatic heterocycles. The SMILES string of the molecule is CC(C)(C)c1cc(CN)cc(N2CCS(=O)(=O)CC2)n1. The Bertz CT molecular complexity index is 577. The van der Waals surface area contributed by atoms with Crippen molar-refractivity contribution in [2.75, 3.05) is 29.5 Å². The third kappa shape index (κ3) is 3.49. The van der Waals surface area contributed by atoms with Crippen LogP contribution in [-0.2, 0) is 21.8 Å². The molecular formula is C14H23N3O2S. The van der Waals surface area contributed by atoms with Gasteiger partial charge in [-0.2, -0.15) is 0 Å². The molecule has 2 N–H and O–H groups in total. The second kappa shape index (κ2) is 5.33. The Balaban J connectivity index is 2.32. The number of nitrogens with two attached hydrogens (primary N) is 1. The van der Waals surface area contributed by atoms with Crippen LogP contribution in [0.1, 0.15) is 32.0 Å². The van der Waals surface area contributed by atoms with Gasteiger partial charge in [-0.3, -0.25) is 0 Å². The molecular weight excluding hydrogens is 274 g/mol. The maximum absolute atomic E-state index is 11.5. The number of anilines is 1. The van der Waals surface area contributed by atoms with Gasteiger partial charge < -0.3 is 10.6 Å². The van der Waals surface area contributed by atoms with E-state index in [-0.39, 0.29) is 16.9 Å². The first-order valence-electron chi connectivity index (χ1n) is 6.88. The summed E-state index contributed by atoms with van der Waals surface area (Å²) in [6.45, 7) is 7.81. The molecule has 2 rings (SSSR count). The van der Waals surface area contributed by atoms with Gasteiger partial charge in [0.15, 0.2) is 9.84 Å². The van der Waals surface area contributed by atoms with Crippen LogP contribution >= 0.6 is 0 Å². The van der Waals surface area contributed by atoms with Crippen LogP contribution < -0.4 is 10.6 Å². The Kier molecular flexibility index (Phi) is 4.07. The lowest BCUT2D eigenvalue weighted by atomic mass is 9.90. The van der Waals surface area contributed by atoms with Crippen molar-refractivity contribution in [2.24, 2.45) is 5.73 Å². The molecule has 2 heterocycles. The lowest BCUT2D eigenvalue weighted by Gasteiger charge is -2.29. The lowest BCUT2D eigenvalue weighted by Crippen LogP contribution is -2.41. The van der Waals surface area contributed by atoms with Crippen LogP contribution in [0.3, 0.4) is 0 Å². The summed E-state index contributed by atoms with van der Waals surface area (Å²) in [5, 5.41) is 0. The second-order valence-electron chi connectivity index (χ2n) is 6.31. The first-order valence-corrected chi connectivity index (χ1v) is 8.70. The van der Waals surface area contributed by atoms with Crippen molar-refractivity contribution in [3.8, 4) is 0 Å². The zero-order valence-electron chi connectivity index (χ0n) is 12.4. The van der Waals surface area contributed by atoms with Crippen molar-refractivity contribution in [3.05, 3.63) is 23.4 Å². The Morgan fingerprint density at radius 3 is 2.35 bits per heavy atom. The fourth-order valence-corrected chi connectivity index (χ4v) is 3.38. The van der Waals surface area contributed by atoms with Gasteiger partial charge in [0.25, 0.3) is 0 Å². The zero-order chi connectivity index (χ0) is 15.0. The van der Waals surface area contributed by atoms with Gasteiger partial charge in [0.2, 0.25) is 0 Å². The number of nitrogens with zero attached hydrogens (tertiary/aromatic N) is 2. The molecule has 1 aliphatic rings. The van der Waals surface area contributed by atoms with Crippen LogP contribution in [0, 0.1) is 0 Å². The van der Waals surface area contributed by atoms with Crippen molar-refractivity contribution >= 4 is 15.7 Å². The highest BCUT2D eigenvalue weighted by atomic mass is 32.2. The number of rotatable bonds is 2. The smallest absolute Gasteiger partial charge is 0.153 e. The normalized spacial score (nSPS) is 19.1. The fraction of sp³-hybridized carbons (Fsp3) is 0.643. The number of pyridine rings is 1. The van der Waals surface area contributed by atoms with Crippen LogP contribution in [0.5, 0.6) is 0 Å². The predicted octanol–water partition coefficient (Wildman–Crippen LogP) is 1.07.